The maximum Gasteiger partial charge on any atom is 0.325 e. The van der Waals surface area contributed by atoms with Crippen molar-refractivity contribution >= 4 is 17.5 Å². The molecule has 1 heterocycles. The van der Waals surface area contributed by atoms with E-state index in [0.717, 1.165) is 0 Å². The van der Waals surface area contributed by atoms with Crippen LogP contribution in [0.1, 0.15) is 19.4 Å². The molecule has 0 N–H and O–H groups in total. The summed E-state index contributed by atoms with van der Waals surface area (Å²) >= 11 is 0. The van der Waals surface area contributed by atoms with E-state index in [0.29, 0.717) is 24.5 Å². The highest BCUT2D eigenvalue weighted by atomic mass is 16.6. The molecule has 0 amide bonds. The molecule has 19 heavy (non-hydrogen) atoms. The number of aryl methyl sites for hydroxylation is 1. The number of anilines is 1. The van der Waals surface area contributed by atoms with Crippen LogP contribution in [0.25, 0.3) is 0 Å². The predicted molar refractivity (Wildman–Crippen MR) is 70.1 cm³/mol. The first-order valence-electron chi connectivity index (χ1n) is 6.01. The van der Waals surface area contributed by atoms with Crippen molar-refractivity contribution < 1.29 is 14.5 Å². The van der Waals surface area contributed by atoms with E-state index < -0.39 is 4.92 Å². The lowest BCUT2D eigenvalue weighted by molar-refractivity contribution is -0.385. The van der Waals surface area contributed by atoms with Gasteiger partial charge in [0.15, 0.2) is 0 Å². The fourth-order valence-electron chi connectivity index (χ4n) is 1.59. The number of carbonyl (C=O) groups excluding carboxylic acids is 1. The molecule has 7 nitrogen and oxygen atoms in total. The number of nitrogens with zero attached hydrogens (tertiary/aromatic N) is 3. The summed E-state index contributed by atoms with van der Waals surface area (Å²) in [5, 5.41) is 10.9. The molecule has 0 aromatic carbocycles. The zero-order valence-corrected chi connectivity index (χ0v) is 11.3. The molecule has 0 aliphatic heterocycles. The highest BCUT2D eigenvalue weighted by Gasteiger charge is 2.17. The number of aromatic nitrogens is 1. The Morgan fingerprint density at radius 2 is 2.21 bits per heavy atom. The van der Waals surface area contributed by atoms with Crippen LogP contribution in [0.2, 0.25) is 0 Å². The van der Waals surface area contributed by atoms with Gasteiger partial charge < -0.3 is 9.64 Å². The summed E-state index contributed by atoms with van der Waals surface area (Å²) in [6.07, 6.45) is 1.43. The van der Waals surface area contributed by atoms with E-state index in [1.807, 2.05) is 6.92 Å². The van der Waals surface area contributed by atoms with Crippen molar-refractivity contribution in [1.29, 1.82) is 0 Å². The third-order valence-corrected chi connectivity index (χ3v) is 2.59. The van der Waals surface area contributed by atoms with Gasteiger partial charge in [-0.25, -0.2) is 4.98 Å². The molecule has 0 bridgehead atoms. The van der Waals surface area contributed by atoms with Crippen molar-refractivity contribution in [1.82, 2.24) is 4.98 Å². The Bertz CT molecular complexity index is 476. The first kappa shape index (κ1) is 14.9. The summed E-state index contributed by atoms with van der Waals surface area (Å²) < 4.78 is 4.85. The van der Waals surface area contributed by atoms with Gasteiger partial charge in [0, 0.05) is 18.3 Å². The average Bonchev–Trinajstić information content (AvgIpc) is 2.36. The summed E-state index contributed by atoms with van der Waals surface area (Å²) in [4.78, 5) is 27.6. The van der Waals surface area contributed by atoms with Crippen molar-refractivity contribution in [2.75, 3.05) is 24.6 Å². The van der Waals surface area contributed by atoms with Gasteiger partial charge in [0.1, 0.15) is 12.4 Å². The lowest BCUT2D eigenvalue weighted by atomic mass is 10.2. The topological polar surface area (TPSA) is 85.6 Å². The lowest BCUT2D eigenvalue weighted by Crippen LogP contribution is -2.31. The van der Waals surface area contributed by atoms with E-state index in [1.54, 1.807) is 18.7 Å². The van der Waals surface area contributed by atoms with Gasteiger partial charge in [0.05, 0.1) is 17.6 Å². The summed E-state index contributed by atoms with van der Waals surface area (Å²) in [7, 11) is 0. The van der Waals surface area contributed by atoms with Crippen LogP contribution < -0.4 is 4.90 Å². The van der Waals surface area contributed by atoms with E-state index in [-0.39, 0.29) is 18.2 Å². The third kappa shape index (κ3) is 3.90. The summed E-state index contributed by atoms with van der Waals surface area (Å²) in [5.41, 5.74) is 0.480. The highest BCUT2D eigenvalue weighted by molar-refractivity contribution is 5.75. The Hall–Kier alpha value is -2.18. The Morgan fingerprint density at radius 3 is 2.74 bits per heavy atom. The van der Waals surface area contributed by atoms with Gasteiger partial charge in [0.2, 0.25) is 0 Å². The Morgan fingerprint density at radius 1 is 1.53 bits per heavy atom. The van der Waals surface area contributed by atoms with Gasteiger partial charge in [-0.2, -0.15) is 0 Å². The lowest BCUT2D eigenvalue weighted by Gasteiger charge is -2.20. The first-order chi connectivity index (χ1) is 8.99. The fraction of sp³-hybridized carbons (Fsp3) is 0.500. The predicted octanol–water partition coefficient (Wildman–Crippen LogP) is 1.69. The second-order valence-electron chi connectivity index (χ2n) is 3.91. The summed E-state index contributed by atoms with van der Waals surface area (Å²) in [6, 6.07) is 1.37. The van der Waals surface area contributed by atoms with Crippen LogP contribution in [0.4, 0.5) is 11.5 Å². The van der Waals surface area contributed by atoms with Crippen LogP contribution >= 0.6 is 0 Å². The average molecular weight is 267 g/mol. The van der Waals surface area contributed by atoms with E-state index in [1.165, 1.54) is 12.3 Å². The minimum atomic E-state index is -0.460. The van der Waals surface area contributed by atoms with Crippen LogP contribution in [0.3, 0.4) is 0 Å². The zero-order chi connectivity index (χ0) is 14.4. The molecule has 1 rings (SSSR count). The smallest absolute Gasteiger partial charge is 0.325 e. The van der Waals surface area contributed by atoms with E-state index in [4.69, 9.17) is 4.74 Å². The molecule has 0 radical (unpaired) electrons. The van der Waals surface area contributed by atoms with Crippen molar-refractivity contribution in [3.63, 3.8) is 0 Å². The molecule has 0 aliphatic carbocycles. The molecule has 1 aromatic rings. The van der Waals surface area contributed by atoms with Crippen molar-refractivity contribution in [2.24, 2.45) is 0 Å². The molecule has 0 saturated heterocycles. The second kappa shape index (κ2) is 6.67. The van der Waals surface area contributed by atoms with Gasteiger partial charge in [-0.1, -0.05) is 0 Å². The van der Waals surface area contributed by atoms with Gasteiger partial charge in [-0.15, -0.1) is 0 Å². The minimum Gasteiger partial charge on any atom is -0.465 e. The van der Waals surface area contributed by atoms with Gasteiger partial charge in [-0.3, -0.25) is 14.9 Å². The molecular formula is C12H17N3O4. The molecule has 1 aromatic heterocycles. The quantitative estimate of drug-likeness (QED) is 0.443. The standard InChI is InChI=1S/C12H17N3O4/c1-4-14(8-12(16)19-5-2)11-6-10(15(17)18)9(3)7-13-11/h6-7H,4-5,8H2,1-3H3. The number of nitro groups is 1. The maximum absolute atomic E-state index is 11.4. The molecule has 0 aliphatic rings. The normalized spacial score (nSPS) is 10.1. The number of hydrogen-bond acceptors (Lipinski definition) is 6. The van der Waals surface area contributed by atoms with Crippen LogP contribution in [0.5, 0.6) is 0 Å². The van der Waals surface area contributed by atoms with E-state index in [9.17, 15) is 14.9 Å². The maximum atomic E-state index is 11.4. The number of ether oxygens (including phenoxy) is 1. The highest BCUT2D eigenvalue weighted by Crippen LogP contribution is 2.22. The number of pyridine rings is 1. The molecule has 0 saturated carbocycles. The number of likely N-dealkylation sites (N-methyl/N-ethyl adjacent to an activating group) is 1. The minimum absolute atomic E-state index is 0.00712. The third-order valence-electron chi connectivity index (χ3n) is 2.59. The van der Waals surface area contributed by atoms with Crippen molar-refractivity contribution in [3.8, 4) is 0 Å². The Balaban J connectivity index is 2.95. The number of carbonyl (C=O) groups is 1. The fourth-order valence-corrected chi connectivity index (χ4v) is 1.59. The van der Waals surface area contributed by atoms with Gasteiger partial charge >= 0.3 is 5.97 Å². The van der Waals surface area contributed by atoms with Crippen LogP contribution in [0.15, 0.2) is 12.3 Å². The zero-order valence-electron chi connectivity index (χ0n) is 11.3. The molecule has 0 fully saturated rings. The second-order valence-corrected chi connectivity index (χ2v) is 3.91. The van der Waals surface area contributed by atoms with Crippen LogP contribution in [0, 0.1) is 17.0 Å². The Kier molecular flexibility index (Phi) is 5.23. The van der Waals surface area contributed by atoms with E-state index >= 15 is 0 Å². The van der Waals surface area contributed by atoms with Crippen LogP contribution in [-0.2, 0) is 9.53 Å². The molecule has 0 unspecified atom stereocenters. The van der Waals surface area contributed by atoms with Gasteiger partial charge in [-0.05, 0) is 20.8 Å². The number of esters is 1. The monoisotopic (exact) mass is 267 g/mol. The molecule has 0 atom stereocenters. The Labute approximate surface area is 111 Å². The van der Waals surface area contributed by atoms with Crippen molar-refractivity contribution in [3.05, 3.63) is 27.9 Å². The van der Waals surface area contributed by atoms with E-state index in [2.05, 4.69) is 4.98 Å². The molecule has 104 valence electrons. The SMILES string of the molecule is CCOC(=O)CN(CC)c1cc([N+](=O)[O-])c(C)cn1. The largest absolute Gasteiger partial charge is 0.465 e. The van der Waals surface area contributed by atoms with Crippen molar-refractivity contribution in [2.45, 2.75) is 20.8 Å². The molecule has 0 spiro atoms. The summed E-state index contributed by atoms with van der Waals surface area (Å²) in [5.74, 6) is 0.0160. The number of rotatable bonds is 6. The molecule has 7 heteroatoms. The van der Waals surface area contributed by atoms with Crippen LogP contribution in [-0.4, -0.2) is 35.6 Å². The first-order valence-corrected chi connectivity index (χ1v) is 6.01. The van der Waals surface area contributed by atoms with Gasteiger partial charge in [0.25, 0.3) is 5.69 Å². The number of hydrogen-bond donors (Lipinski definition) is 0. The summed E-state index contributed by atoms with van der Waals surface area (Å²) in [6.45, 7) is 6.02. The molecular weight excluding hydrogens is 250 g/mol.